The first-order valence-electron chi connectivity index (χ1n) is 7.59. The van der Waals surface area contributed by atoms with Crippen molar-refractivity contribution in [3.8, 4) is 5.75 Å². The molecule has 0 unspecified atom stereocenters. The molecule has 0 radical (unpaired) electrons. The Labute approximate surface area is 139 Å². The van der Waals surface area contributed by atoms with Gasteiger partial charge in [0.25, 0.3) is 0 Å². The first kappa shape index (κ1) is 15.8. The van der Waals surface area contributed by atoms with Crippen LogP contribution in [-0.4, -0.2) is 27.6 Å². The number of pyridine rings is 1. The van der Waals surface area contributed by atoms with Crippen molar-refractivity contribution in [2.75, 3.05) is 7.11 Å². The maximum atomic E-state index is 10.9. The van der Waals surface area contributed by atoms with Crippen LogP contribution in [0.2, 0.25) is 0 Å². The molecule has 2 heterocycles. The number of carboxylic acids is 1. The van der Waals surface area contributed by atoms with Crippen molar-refractivity contribution < 1.29 is 14.6 Å². The van der Waals surface area contributed by atoms with Crippen LogP contribution in [0.5, 0.6) is 5.75 Å². The molecular weight excluding hydrogens is 304 g/mol. The van der Waals surface area contributed by atoms with E-state index in [0.717, 1.165) is 40.1 Å². The Kier molecular flexibility index (Phi) is 4.33. The van der Waals surface area contributed by atoms with Crippen LogP contribution >= 0.6 is 0 Å². The van der Waals surface area contributed by atoms with Crippen LogP contribution in [0.1, 0.15) is 22.6 Å². The molecule has 3 aromatic rings. The van der Waals surface area contributed by atoms with Gasteiger partial charge in [0.15, 0.2) is 0 Å². The summed E-state index contributed by atoms with van der Waals surface area (Å²) in [5.74, 6) is -0.176. The summed E-state index contributed by atoms with van der Waals surface area (Å²) in [6, 6.07) is 13.6. The number of benzene rings is 1. The van der Waals surface area contributed by atoms with E-state index in [9.17, 15) is 4.79 Å². The fourth-order valence-electron chi connectivity index (χ4n) is 2.72. The van der Waals surface area contributed by atoms with Gasteiger partial charge < -0.3 is 9.84 Å². The van der Waals surface area contributed by atoms with Crippen LogP contribution < -0.4 is 4.74 Å². The number of aliphatic carboxylic acids is 1. The summed E-state index contributed by atoms with van der Waals surface area (Å²) in [5, 5.41) is 8.96. The lowest BCUT2D eigenvalue weighted by Crippen LogP contribution is -1.97. The SMILES string of the molecule is COc1ccc(Cc2nc3cccc(C)n3c2/C=C/C(=O)O)cc1. The molecule has 1 N–H and O–H groups in total. The standard InChI is InChI=1S/C19H18N2O3/c1-13-4-3-5-18-20-16(17(21(13)18)10-11-19(22)23)12-14-6-8-15(24-2)9-7-14/h3-11H,12H2,1-2H3,(H,22,23)/b11-10+. The van der Waals surface area contributed by atoms with E-state index in [2.05, 4.69) is 4.98 Å². The van der Waals surface area contributed by atoms with Crippen molar-refractivity contribution in [1.82, 2.24) is 9.38 Å². The number of imidazole rings is 1. The monoisotopic (exact) mass is 322 g/mol. The van der Waals surface area contributed by atoms with Gasteiger partial charge in [-0.3, -0.25) is 4.40 Å². The number of carboxylic acid groups (broad SMARTS) is 1. The molecule has 0 atom stereocenters. The van der Waals surface area contributed by atoms with E-state index in [1.165, 1.54) is 0 Å². The molecule has 5 heteroatoms. The molecule has 2 aromatic heterocycles. The second-order valence-corrected chi connectivity index (χ2v) is 5.50. The van der Waals surface area contributed by atoms with E-state index >= 15 is 0 Å². The average Bonchev–Trinajstić information content (AvgIpc) is 2.92. The normalized spacial score (nSPS) is 11.2. The molecule has 0 saturated heterocycles. The fourth-order valence-corrected chi connectivity index (χ4v) is 2.72. The Morgan fingerprint density at radius 1 is 1.25 bits per heavy atom. The van der Waals surface area contributed by atoms with Crippen molar-refractivity contribution >= 4 is 17.7 Å². The predicted molar refractivity (Wildman–Crippen MR) is 92.4 cm³/mol. The van der Waals surface area contributed by atoms with Gasteiger partial charge in [0, 0.05) is 18.2 Å². The number of aryl methyl sites for hydroxylation is 1. The largest absolute Gasteiger partial charge is 0.497 e. The summed E-state index contributed by atoms with van der Waals surface area (Å²) >= 11 is 0. The number of hydrogen-bond acceptors (Lipinski definition) is 3. The van der Waals surface area contributed by atoms with Crippen LogP contribution in [0.25, 0.3) is 11.7 Å². The smallest absolute Gasteiger partial charge is 0.328 e. The topological polar surface area (TPSA) is 63.8 Å². The van der Waals surface area contributed by atoms with E-state index in [-0.39, 0.29) is 0 Å². The second-order valence-electron chi connectivity index (χ2n) is 5.50. The summed E-state index contributed by atoms with van der Waals surface area (Å²) in [5.41, 5.74) is 4.53. The third-order valence-electron chi connectivity index (χ3n) is 3.87. The van der Waals surface area contributed by atoms with Crippen molar-refractivity contribution in [1.29, 1.82) is 0 Å². The fraction of sp³-hybridized carbons (Fsp3) is 0.158. The van der Waals surface area contributed by atoms with E-state index in [1.807, 2.05) is 53.8 Å². The number of nitrogens with zero attached hydrogens (tertiary/aromatic N) is 2. The first-order chi connectivity index (χ1) is 11.6. The van der Waals surface area contributed by atoms with E-state index in [4.69, 9.17) is 9.84 Å². The zero-order chi connectivity index (χ0) is 17.1. The molecule has 0 spiro atoms. The highest BCUT2D eigenvalue weighted by molar-refractivity contribution is 5.85. The molecule has 122 valence electrons. The minimum Gasteiger partial charge on any atom is -0.497 e. The van der Waals surface area contributed by atoms with E-state index in [1.54, 1.807) is 13.2 Å². The quantitative estimate of drug-likeness (QED) is 0.732. The molecule has 0 bridgehead atoms. The number of rotatable bonds is 5. The summed E-state index contributed by atoms with van der Waals surface area (Å²) in [4.78, 5) is 15.6. The minimum absolute atomic E-state index is 0.615. The zero-order valence-corrected chi connectivity index (χ0v) is 13.6. The molecule has 0 fully saturated rings. The zero-order valence-electron chi connectivity index (χ0n) is 13.6. The highest BCUT2D eigenvalue weighted by atomic mass is 16.5. The van der Waals surface area contributed by atoms with Crippen molar-refractivity contribution in [3.63, 3.8) is 0 Å². The van der Waals surface area contributed by atoms with E-state index in [0.29, 0.717) is 6.42 Å². The molecule has 0 aliphatic carbocycles. The van der Waals surface area contributed by atoms with Crippen molar-refractivity contribution in [3.05, 3.63) is 71.2 Å². The average molecular weight is 322 g/mol. The summed E-state index contributed by atoms with van der Waals surface area (Å²) in [6.45, 7) is 1.98. The Balaban J connectivity index is 2.06. The molecule has 0 saturated carbocycles. The van der Waals surface area contributed by atoms with Crippen molar-refractivity contribution in [2.45, 2.75) is 13.3 Å². The van der Waals surface area contributed by atoms with Crippen LogP contribution in [0, 0.1) is 6.92 Å². The summed E-state index contributed by atoms with van der Waals surface area (Å²) in [6.07, 6.45) is 3.37. The maximum Gasteiger partial charge on any atom is 0.328 e. The van der Waals surface area contributed by atoms with Gasteiger partial charge in [-0.2, -0.15) is 0 Å². The number of methoxy groups -OCH3 is 1. The van der Waals surface area contributed by atoms with Gasteiger partial charge in [0.2, 0.25) is 0 Å². The Hall–Kier alpha value is -3.08. The van der Waals surface area contributed by atoms with Gasteiger partial charge in [-0.1, -0.05) is 18.2 Å². The Morgan fingerprint density at radius 2 is 2.00 bits per heavy atom. The summed E-state index contributed by atoms with van der Waals surface area (Å²) in [7, 11) is 1.63. The number of hydrogen-bond donors (Lipinski definition) is 1. The molecule has 0 amide bonds. The van der Waals surface area contributed by atoms with Gasteiger partial charge in [0.1, 0.15) is 11.4 Å². The lowest BCUT2D eigenvalue weighted by Gasteiger charge is -2.04. The minimum atomic E-state index is -0.978. The predicted octanol–water partition coefficient (Wildman–Crippen LogP) is 3.34. The molecule has 24 heavy (non-hydrogen) atoms. The highest BCUT2D eigenvalue weighted by Gasteiger charge is 2.12. The van der Waals surface area contributed by atoms with Gasteiger partial charge in [-0.05, 0) is 42.8 Å². The molecule has 3 rings (SSSR count). The first-order valence-corrected chi connectivity index (χ1v) is 7.59. The maximum absolute atomic E-state index is 10.9. The number of carbonyl (C=O) groups is 1. The van der Waals surface area contributed by atoms with Gasteiger partial charge in [0.05, 0.1) is 18.5 Å². The van der Waals surface area contributed by atoms with Crippen LogP contribution in [0.15, 0.2) is 48.5 Å². The molecule has 1 aromatic carbocycles. The highest BCUT2D eigenvalue weighted by Crippen LogP contribution is 2.21. The van der Waals surface area contributed by atoms with Gasteiger partial charge in [-0.25, -0.2) is 9.78 Å². The molecule has 0 aliphatic heterocycles. The lowest BCUT2D eigenvalue weighted by molar-refractivity contribution is -0.131. The van der Waals surface area contributed by atoms with Crippen molar-refractivity contribution in [2.24, 2.45) is 0 Å². The number of ether oxygens (including phenoxy) is 1. The third-order valence-corrected chi connectivity index (χ3v) is 3.87. The number of fused-ring (bicyclic) bond motifs is 1. The third kappa shape index (κ3) is 3.15. The molecule has 0 aliphatic rings. The van der Waals surface area contributed by atoms with Crippen LogP contribution in [0.4, 0.5) is 0 Å². The summed E-state index contributed by atoms with van der Waals surface area (Å²) < 4.78 is 7.15. The second kappa shape index (κ2) is 6.58. The van der Waals surface area contributed by atoms with Gasteiger partial charge >= 0.3 is 5.97 Å². The van der Waals surface area contributed by atoms with E-state index < -0.39 is 5.97 Å². The Bertz CT molecular complexity index is 908. The Morgan fingerprint density at radius 3 is 2.67 bits per heavy atom. The van der Waals surface area contributed by atoms with Crippen LogP contribution in [0.3, 0.4) is 0 Å². The van der Waals surface area contributed by atoms with Crippen LogP contribution in [-0.2, 0) is 11.2 Å². The van der Waals surface area contributed by atoms with Gasteiger partial charge in [-0.15, -0.1) is 0 Å². The molecule has 5 nitrogen and oxygen atoms in total. The number of aromatic nitrogens is 2. The lowest BCUT2D eigenvalue weighted by atomic mass is 10.1. The molecular formula is C19H18N2O3.